The first-order valence-electron chi connectivity index (χ1n) is 7.99. The number of benzene rings is 1. The van der Waals surface area contributed by atoms with Gasteiger partial charge in [0.1, 0.15) is 0 Å². The van der Waals surface area contributed by atoms with E-state index in [2.05, 4.69) is 5.32 Å². The topological polar surface area (TPSA) is 97.6 Å². The van der Waals surface area contributed by atoms with Gasteiger partial charge in [0.25, 0.3) is 11.5 Å². The molecule has 0 saturated carbocycles. The maximum Gasteiger partial charge on any atom is 0.331 e. The lowest BCUT2D eigenvalue weighted by molar-refractivity contribution is -0.144. The van der Waals surface area contributed by atoms with E-state index in [0.717, 1.165) is 5.56 Å². The molecule has 0 spiro atoms. The number of hydrogen-bond donors (Lipinski definition) is 2. The molecule has 1 fully saturated rings. The van der Waals surface area contributed by atoms with Crippen LogP contribution in [0.15, 0.2) is 47.4 Å². The fraction of sp³-hybridized carbons (Fsp3) is 0.278. The monoisotopic (exact) mass is 376 g/mol. The zero-order chi connectivity index (χ0) is 18.7. The number of aromatic nitrogens is 1. The molecule has 136 valence electrons. The van der Waals surface area contributed by atoms with Crippen molar-refractivity contribution in [3.8, 4) is 0 Å². The second-order valence-corrected chi connectivity index (χ2v) is 6.53. The zero-order valence-electron chi connectivity index (χ0n) is 13.8. The van der Waals surface area contributed by atoms with Gasteiger partial charge in [-0.15, -0.1) is 0 Å². The maximum atomic E-state index is 12.5. The van der Waals surface area contributed by atoms with Crippen molar-refractivity contribution in [2.24, 2.45) is 0 Å². The largest absolute Gasteiger partial charge is 0.479 e. The number of amides is 1. The smallest absolute Gasteiger partial charge is 0.331 e. The summed E-state index contributed by atoms with van der Waals surface area (Å²) in [7, 11) is 0. The molecule has 1 amide bonds. The van der Waals surface area contributed by atoms with Crippen LogP contribution in [0.3, 0.4) is 0 Å². The van der Waals surface area contributed by atoms with Gasteiger partial charge in [-0.3, -0.25) is 9.59 Å². The highest BCUT2D eigenvalue weighted by Crippen LogP contribution is 2.20. The summed E-state index contributed by atoms with van der Waals surface area (Å²) in [5, 5.41) is 12.5. The molecule has 0 aliphatic carbocycles. The van der Waals surface area contributed by atoms with Crippen molar-refractivity contribution >= 4 is 23.5 Å². The van der Waals surface area contributed by atoms with E-state index in [1.165, 1.54) is 22.9 Å². The maximum absolute atomic E-state index is 12.5. The van der Waals surface area contributed by atoms with Crippen LogP contribution < -0.4 is 10.9 Å². The zero-order valence-corrected chi connectivity index (χ0v) is 14.5. The van der Waals surface area contributed by atoms with Gasteiger partial charge < -0.3 is 19.7 Å². The number of aliphatic carboxylic acids is 1. The lowest BCUT2D eigenvalue weighted by Crippen LogP contribution is -2.55. The third kappa shape index (κ3) is 3.63. The number of carboxylic acids is 1. The normalized spacial score (nSPS) is 19.3. The second-order valence-electron chi connectivity index (χ2n) is 6.12. The van der Waals surface area contributed by atoms with E-state index in [1.807, 2.05) is 0 Å². The van der Waals surface area contributed by atoms with Gasteiger partial charge in [-0.1, -0.05) is 29.8 Å². The number of nitrogens with one attached hydrogen (secondary N) is 1. The first-order chi connectivity index (χ1) is 12.4. The molecule has 2 aromatic rings. The highest BCUT2D eigenvalue weighted by Gasteiger charge is 2.44. The van der Waals surface area contributed by atoms with Gasteiger partial charge in [-0.2, -0.15) is 0 Å². The molecule has 2 N–H and O–H groups in total. The Morgan fingerprint density at radius 1 is 1.27 bits per heavy atom. The Labute approximate surface area is 154 Å². The number of carbonyl (C=O) groups excluding carboxylic acids is 1. The SMILES string of the molecule is O=C(NC1(C(=O)O)CCOC1)c1ccc(=O)n(Cc2ccccc2Cl)c1. The Balaban J connectivity index is 1.85. The van der Waals surface area contributed by atoms with Gasteiger partial charge in [0.05, 0.1) is 18.7 Å². The van der Waals surface area contributed by atoms with E-state index in [0.29, 0.717) is 5.02 Å². The minimum Gasteiger partial charge on any atom is -0.479 e. The van der Waals surface area contributed by atoms with E-state index >= 15 is 0 Å². The Kier molecular flexibility index (Phi) is 5.11. The minimum absolute atomic E-state index is 0.0899. The van der Waals surface area contributed by atoms with Crippen molar-refractivity contribution in [2.45, 2.75) is 18.5 Å². The van der Waals surface area contributed by atoms with Gasteiger partial charge in [0.15, 0.2) is 5.54 Å². The highest BCUT2D eigenvalue weighted by atomic mass is 35.5. The van der Waals surface area contributed by atoms with Crippen molar-refractivity contribution < 1.29 is 19.4 Å². The Morgan fingerprint density at radius 3 is 2.69 bits per heavy atom. The fourth-order valence-corrected chi connectivity index (χ4v) is 2.97. The van der Waals surface area contributed by atoms with Crippen molar-refractivity contribution in [3.05, 3.63) is 69.1 Å². The molecule has 1 atom stereocenters. The molecule has 2 heterocycles. The van der Waals surface area contributed by atoms with Crippen molar-refractivity contribution in [1.29, 1.82) is 0 Å². The predicted molar refractivity (Wildman–Crippen MR) is 94.5 cm³/mol. The average Bonchev–Trinajstić information content (AvgIpc) is 3.08. The number of pyridine rings is 1. The molecule has 26 heavy (non-hydrogen) atoms. The van der Waals surface area contributed by atoms with Gasteiger partial charge in [0.2, 0.25) is 0 Å². The van der Waals surface area contributed by atoms with E-state index in [1.54, 1.807) is 24.3 Å². The fourth-order valence-electron chi connectivity index (χ4n) is 2.77. The number of carboxylic acid groups (broad SMARTS) is 1. The van der Waals surface area contributed by atoms with E-state index in [4.69, 9.17) is 16.3 Å². The van der Waals surface area contributed by atoms with E-state index in [9.17, 15) is 19.5 Å². The van der Waals surface area contributed by atoms with Gasteiger partial charge in [-0.05, 0) is 17.7 Å². The van der Waals surface area contributed by atoms with Crippen LogP contribution >= 0.6 is 11.6 Å². The lowest BCUT2D eigenvalue weighted by atomic mass is 9.98. The molecule has 1 unspecified atom stereocenters. The summed E-state index contributed by atoms with van der Waals surface area (Å²) in [6, 6.07) is 9.73. The summed E-state index contributed by atoms with van der Waals surface area (Å²) in [4.78, 5) is 36.1. The number of ether oxygens (including phenoxy) is 1. The van der Waals surface area contributed by atoms with Crippen LogP contribution in [0.4, 0.5) is 0 Å². The van der Waals surface area contributed by atoms with Crippen LogP contribution in [0.1, 0.15) is 22.3 Å². The van der Waals surface area contributed by atoms with Gasteiger partial charge in [0, 0.05) is 30.3 Å². The number of carbonyl (C=O) groups is 2. The molecular weight excluding hydrogens is 360 g/mol. The number of hydrogen-bond acceptors (Lipinski definition) is 4. The Hall–Kier alpha value is -2.64. The summed E-state index contributed by atoms with van der Waals surface area (Å²) in [5.74, 6) is -1.72. The summed E-state index contributed by atoms with van der Waals surface area (Å²) >= 11 is 6.12. The number of halogens is 1. The molecule has 0 bridgehead atoms. The first-order valence-corrected chi connectivity index (χ1v) is 8.37. The van der Waals surface area contributed by atoms with Crippen LogP contribution in [0.2, 0.25) is 5.02 Å². The van der Waals surface area contributed by atoms with E-state index < -0.39 is 17.4 Å². The van der Waals surface area contributed by atoms with Gasteiger partial charge >= 0.3 is 5.97 Å². The average molecular weight is 377 g/mol. The molecule has 0 radical (unpaired) electrons. The molecular formula is C18H17ClN2O5. The molecule has 8 heteroatoms. The molecule has 7 nitrogen and oxygen atoms in total. The van der Waals surface area contributed by atoms with E-state index in [-0.39, 0.29) is 37.3 Å². The molecule has 3 rings (SSSR count). The molecule has 1 aromatic heterocycles. The molecule has 1 aliphatic heterocycles. The van der Waals surface area contributed by atoms with Crippen LogP contribution in [0.5, 0.6) is 0 Å². The highest BCUT2D eigenvalue weighted by molar-refractivity contribution is 6.31. The van der Waals surface area contributed by atoms with Gasteiger partial charge in [-0.25, -0.2) is 4.79 Å². The summed E-state index contributed by atoms with van der Waals surface area (Å²) in [6.45, 7) is 0.374. The number of nitrogens with zero attached hydrogens (tertiary/aromatic N) is 1. The summed E-state index contributed by atoms with van der Waals surface area (Å²) < 4.78 is 6.48. The van der Waals surface area contributed by atoms with Crippen molar-refractivity contribution in [2.75, 3.05) is 13.2 Å². The third-order valence-corrected chi connectivity index (χ3v) is 4.70. The van der Waals surface area contributed by atoms with Crippen molar-refractivity contribution in [1.82, 2.24) is 9.88 Å². The molecule has 1 aromatic carbocycles. The third-order valence-electron chi connectivity index (χ3n) is 4.33. The Morgan fingerprint density at radius 2 is 2.04 bits per heavy atom. The number of rotatable bonds is 5. The quantitative estimate of drug-likeness (QED) is 0.824. The summed E-state index contributed by atoms with van der Waals surface area (Å²) in [5.41, 5.74) is -0.816. The van der Waals surface area contributed by atoms with Crippen LogP contribution in [-0.4, -0.2) is 40.3 Å². The summed E-state index contributed by atoms with van der Waals surface area (Å²) in [6.07, 6.45) is 1.58. The second kappa shape index (κ2) is 7.31. The molecule has 1 aliphatic rings. The van der Waals surface area contributed by atoms with Crippen LogP contribution in [-0.2, 0) is 16.1 Å². The molecule has 1 saturated heterocycles. The minimum atomic E-state index is -1.44. The lowest BCUT2D eigenvalue weighted by Gasteiger charge is -2.23. The van der Waals surface area contributed by atoms with Crippen LogP contribution in [0.25, 0.3) is 0 Å². The Bertz CT molecular complexity index is 902. The van der Waals surface area contributed by atoms with Crippen LogP contribution in [0, 0.1) is 0 Å². The van der Waals surface area contributed by atoms with Crippen molar-refractivity contribution in [3.63, 3.8) is 0 Å². The predicted octanol–water partition coefficient (Wildman–Crippen LogP) is 1.52. The standard InChI is InChI=1S/C18H17ClN2O5/c19-14-4-2-1-3-12(14)9-21-10-13(5-6-15(21)22)16(23)20-18(17(24)25)7-8-26-11-18/h1-6,10H,7-9,11H2,(H,20,23)(H,24,25). The first kappa shape index (κ1) is 18.2.